The molecule has 0 spiro atoms. The molecule has 31 heavy (non-hydrogen) atoms. The van der Waals surface area contributed by atoms with Crippen molar-refractivity contribution in [2.75, 3.05) is 24.5 Å². The minimum atomic E-state index is -3.63. The van der Waals surface area contributed by atoms with Crippen LogP contribution in [0, 0.1) is 0 Å². The van der Waals surface area contributed by atoms with E-state index in [9.17, 15) is 18.0 Å². The van der Waals surface area contributed by atoms with Gasteiger partial charge in [-0.2, -0.15) is 4.31 Å². The molecule has 3 heterocycles. The van der Waals surface area contributed by atoms with Gasteiger partial charge in [0.25, 0.3) is 0 Å². The van der Waals surface area contributed by atoms with Crippen LogP contribution >= 0.6 is 0 Å². The van der Waals surface area contributed by atoms with Crippen molar-refractivity contribution >= 4 is 32.7 Å². The Morgan fingerprint density at radius 1 is 0.903 bits per heavy atom. The molecule has 0 saturated carbocycles. The Hall–Kier alpha value is -2.91. The zero-order valence-corrected chi connectivity index (χ0v) is 17.8. The van der Waals surface area contributed by atoms with Gasteiger partial charge in [-0.05, 0) is 55.7 Å². The summed E-state index contributed by atoms with van der Waals surface area (Å²) in [5.74, 6) is 0.0743. The average Bonchev–Trinajstić information content (AvgIpc) is 3.36. The predicted molar refractivity (Wildman–Crippen MR) is 118 cm³/mol. The second kappa shape index (κ2) is 7.65. The summed E-state index contributed by atoms with van der Waals surface area (Å²) in [4.78, 5) is 29.2. The van der Waals surface area contributed by atoms with Crippen LogP contribution in [0.15, 0.2) is 58.2 Å². The lowest BCUT2D eigenvalue weighted by molar-refractivity contribution is -0.117. The highest BCUT2D eigenvalue weighted by Crippen LogP contribution is 2.29. The van der Waals surface area contributed by atoms with E-state index in [1.807, 2.05) is 24.3 Å². The van der Waals surface area contributed by atoms with Crippen LogP contribution in [0.4, 0.5) is 5.69 Å². The first-order chi connectivity index (χ1) is 14.9. The number of piperidine rings is 1. The van der Waals surface area contributed by atoms with Crippen LogP contribution in [0.25, 0.3) is 11.0 Å². The first-order valence-corrected chi connectivity index (χ1v) is 12.0. The highest BCUT2D eigenvalue weighted by Gasteiger charge is 2.31. The smallest absolute Gasteiger partial charge is 0.312 e. The van der Waals surface area contributed by atoms with E-state index in [4.69, 9.17) is 0 Å². The van der Waals surface area contributed by atoms with Gasteiger partial charge in [-0.3, -0.25) is 9.36 Å². The van der Waals surface area contributed by atoms with Crippen molar-refractivity contribution in [3.05, 3.63) is 59.0 Å². The molecule has 2 aromatic carbocycles. The van der Waals surface area contributed by atoms with E-state index in [1.165, 1.54) is 4.31 Å². The van der Waals surface area contributed by atoms with Gasteiger partial charge in [0.05, 0.1) is 15.9 Å². The fraction of sp³-hybridized carbons (Fsp3) is 0.364. The number of amides is 1. The van der Waals surface area contributed by atoms with Crippen molar-refractivity contribution in [1.29, 1.82) is 0 Å². The van der Waals surface area contributed by atoms with Gasteiger partial charge in [0, 0.05) is 37.8 Å². The van der Waals surface area contributed by atoms with Crippen LogP contribution in [0.5, 0.6) is 0 Å². The SMILES string of the molecule is O=C1CCCN1c1ccc(S(=O)(=O)N2CCC(n3c(=O)[nH]c4ccccc43)CC2)cc1. The number of nitrogens with one attached hydrogen (secondary N) is 1. The minimum absolute atomic E-state index is 0.0429. The number of hydrogen-bond donors (Lipinski definition) is 1. The number of benzene rings is 2. The second-order valence-corrected chi connectivity index (χ2v) is 10.0. The normalized spacial score (nSPS) is 18.8. The third-order valence-electron chi connectivity index (χ3n) is 6.27. The summed E-state index contributed by atoms with van der Waals surface area (Å²) < 4.78 is 29.5. The second-order valence-electron chi connectivity index (χ2n) is 8.10. The molecule has 5 rings (SSSR count). The van der Waals surface area contributed by atoms with Crippen LogP contribution in [0.2, 0.25) is 0 Å². The summed E-state index contributed by atoms with van der Waals surface area (Å²) in [6.07, 6.45) is 2.50. The van der Waals surface area contributed by atoms with Crippen LogP contribution in [-0.2, 0) is 14.8 Å². The lowest BCUT2D eigenvalue weighted by Gasteiger charge is -2.31. The third kappa shape index (κ3) is 3.47. The molecule has 2 aliphatic heterocycles. The average molecular weight is 441 g/mol. The summed E-state index contributed by atoms with van der Waals surface area (Å²) in [7, 11) is -3.63. The molecule has 0 atom stereocenters. The van der Waals surface area contributed by atoms with Gasteiger partial charge in [-0.25, -0.2) is 13.2 Å². The number of aromatic nitrogens is 2. The van der Waals surface area contributed by atoms with Gasteiger partial charge in [0.1, 0.15) is 0 Å². The van der Waals surface area contributed by atoms with Gasteiger partial charge in [-0.1, -0.05) is 12.1 Å². The standard InChI is InChI=1S/C22H24N4O4S/c27-21-6-3-13-25(21)16-7-9-18(10-8-16)31(29,30)24-14-11-17(12-15-24)26-20-5-2-1-4-19(20)23-22(26)28/h1-2,4-5,7-10,17H,3,6,11-15H2,(H,23,28). The Bertz CT molecular complexity index is 1290. The van der Waals surface area contributed by atoms with E-state index in [1.54, 1.807) is 33.7 Å². The molecule has 2 saturated heterocycles. The summed E-state index contributed by atoms with van der Waals surface area (Å²) in [6, 6.07) is 14.1. The lowest BCUT2D eigenvalue weighted by Crippen LogP contribution is -2.40. The van der Waals surface area contributed by atoms with Gasteiger partial charge in [0.15, 0.2) is 0 Å². The Morgan fingerprint density at radius 3 is 2.29 bits per heavy atom. The number of carbonyl (C=O) groups excluding carboxylic acids is 1. The summed E-state index contributed by atoms with van der Waals surface area (Å²) in [6.45, 7) is 1.38. The monoisotopic (exact) mass is 440 g/mol. The molecule has 9 heteroatoms. The van der Waals surface area contributed by atoms with Crippen LogP contribution in [-0.4, -0.2) is 47.8 Å². The number of sulfonamides is 1. The minimum Gasteiger partial charge on any atom is -0.312 e. The molecular weight excluding hydrogens is 416 g/mol. The molecule has 0 bridgehead atoms. The van der Waals surface area contributed by atoms with Crippen LogP contribution < -0.4 is 10.6 Å². The van der Waals surface area contributed by atoms with Crippen molar-refractivity contribution in [3.63, 3.8) is 0 Å². The maximum atomic E-state index is 13.1. The molecule has 0 unspecified atom stereocenters. The Balaban J connectivity index is 1.32. The number of imidazole rings is 1. The van der Waals surface area contributed by atoms with Gasteiger partial charge in [0.2, 0.25) is 15.9 Å². The topological polar surface area (TPSA) is 95.5 Å². The number of aromatic amines is 1. The summed E-state index contributed by atoms with van der Waals surface area (Å²) in [5, 5.41) is 0. The molecule has 1 N–H and O–H groups in total. The van der Waals surface area contributed by atoms with Gasteiger partial charge < -0.3 is 9.88 Å². The third-order valence-corrected chi connectivity index (χ3v) is 8.19. The highest BCUT2D eigenvalue weighted by molar-refractivity contribution is 7.89. The molecule has 3 aromatic rings. The van der Waals surface area contributed by atoms with Crippen molar-refractivity contribution in [2.24, 2.45) is 0 Å². The molecule has 162 valence electrons. The lowest BCUT2D eigenvalue weighted by atomic mass is 10.1. The predicted octanol–water partition coefficient (Wildman–Crippen LogP) is 2.48. The molecule has 1 aromatic heterocycles. The van der Waals surface area contributed by atoms with E-state index in [-0.39, 0.29) is 22.5 Å². The quantitative estimate of drug-likeness (QED) is 0.674. The van der Waals surface area contributed by atoms with Gasteiger partial charge >= 0.3 is 5.69 Å². The van der Waals surface area contributed by atoms with E-state index in [2.05, 4.69) is 4.98 Å². The van der Waals surface area contributed by atoms with Crippen LogP contribution in [0.3, 0.4) is 0 Å². The van der Waals surface area contributed by atoms with E-state index in [0.29, 0.717) is 38.9 Å². The van der Waals surface area contributed by atoms with Crippen molar-refractivity contribution < 1.29 is 13.2 Å². The molecule has 0 radical (unpaired) electrons. The van der Waals surface area contributed by atoms with Gasteiger partial charge in [-0.15, -0.1) is 0 Å². The van der Waals surface area contributed by atoms with E-state index < -0.39 is 10.0 Å². The Morgan fingerprint density at radius 2 is 1.61 bits per heavy atom. The molecule has 1 amide bonds. The van der Waals surface area contributed by atoms with Crippen molar-refractivity contribution in [3.8, 4) is 0 Å². The Kier molecular flexibility index (Phi) is 4.94. The first-order valence-electron chi connectivity index (χ1n) is 10.5. The maximum absolute atomic E-state index is 13.1. The number of para-hydroxylation sites is 2. The van der Waals surface area contributed by atoms with Crippen molar-refractivity contribution in [2.45, 2.75) is 36.6 Å². The Labute approximate surface area is 180 Å². The molecular formula is C22H24N4O4S. The summed E-state index contributed by atoms with van der Waals surface area (Å²) >= 11 is 0. The number of hydrogen-bond acceptors (Lipinski definition) is 4. The number of fused-ring (bicyclic) bond motifs is 1. The number of carbonyl (C=O) groups is 1. The summed E-state index contributed by atoms with van der Waals surface area (Å²) in [5.41, 5.74) is 2.22. The van der Waals surface area contributed by atoms with E-state index in [0.717, 1.165) is 23.1 Å². The number of anilines is 1. The largest absolute Gasteiger partial charge is 0.326 e. The van der Waals surface area contributed by atoms with Crippen LogP contribution in [0.1, 0.15) is 31.7 Å². The molecule has 0 aliphatic carbocycles. The molecule has 8 nitrogen and oxygen atoms in total. The number of nitrogens with zero attached hydrogens (tertiary/aromatic N) is 3. The fourth-order valence-electron chi connectivity index (χ4n) is 4.65. The highest BCUT2D eigenvalue weighted by atomic mass is 32.2. The first kappa shape index (κ1) is 20.0. The molecule has 2 aliphatic rings. The zero-order valence-electron chi connectivity index (χ0n) is 17.0. The zero-order chi connectivity index (χ0) is 21.6. The maximum Gasteiger partial charge on any atom is 0.326 e. The fourth-order valence-corrected chi connectivity index (χ4v) is 6.12. The number of H-pyrrole nitrogens is 1. The molecule has 2 fully saturated rings. The van der Waals surface area contributed by atoms with Crippen molar-refractivity contribution in [1.82, 2.24) is 13.9 Å². The van der Waals surface area contributed by atoms with E-state index >= 15 is 0 Å². The number of rotatable bonds is 4.